The average Bonchev–Trinajstić information content (AvgIpc) is 2.61. The van der Waals surface area contributed by atoms with Crippen LogP contribution in [0.15, 0.2) is 48.5 Å². The van der Waals surface area contributed by atoms with Gasteiger partial charge >= 0.3 is 6.03 Å². The van der Waals surface area contributed by atoms with Crippen LogP contribution in [0.1, 0.15) is 34.5 Å². The zero-order valence-electron chi connectivity index (χ0n) is 14.3. The highest BCUT2D eigenvalue weighted by Crippen LogP contribution is 2.10. The molecule has 2 aromatic rings. The Morgan fingerprint density at radius 3 is 2.40 bits per heavy atom. The highest BCUT2D eigenvalue weighted by atomic mass is 19.1. The van der Waals surface area contributed by atoms with Gasteiger partial charge in [0.25, 0.3) is 5.91 Å². The van der Waals surface area contributed by atoms with Gasteiger partial charge < -0.3 is 16.0 Å². The van der Waals surface area contributed by atoms with Gasteiger partial charge in [0, 0.05) is 18.7 Å². The number of carbonyl (C=O) groups excluding carboxylic acids is 2. The minimum absolute atomic E-state index is 0.119. The van der Waals surface area contributed by atoms with Gasteiger partial charge in [0.2, 0.25) is 0 Å². The summed E-state index contributed by atoms with van der Waals surface area (Å²) >= 11 is 0. The molecule has 25 heavy (non-hydrogen) atoms. The third-order valence-corrected chi connectivity index (χ3v) is 3.78. The number of hydrogen-bond donors (Lipinski definition) is 3. The molecule has 2 aromatic carbocycles. The van der Waals surface area contributed by atoms with E-state index in [-0.39, 0.29) is 36.6 Å². The molecule has 1 unspecified atom stereocenters. The Kier molecular flexibility index (Phi) is 6.51. The van der Waals surface area contributed by atoms with Gasteiger partial charge in [-0.3, -0.25) is 4.79 Å². The Morgan fingerprint density at radius 1 is 1.04 bits per heavy atom. The highest BCUT2D eigenvalue weighted by molar-refractivity contribution is 5.94. The second kappa shape index (κ2) is 8.82. The molecule has 0 fully saturated rings. The zero-order valence-corrected chi connectivity index (χ0v) is 14.3. The second-order valence-corrected chi connectivity index (χ2v) is 5.75. The van der Waals surface area contributed by atoms with Crippen molar-refractivity contribution in [2.45, 2.75) is 19.9 Å². The van der Waals surface area contributed by atoms with E-state index >= 15 is 0 Å². The van der Waals surface area contributed by atoms with Crippen LogP contribution in [-0.2, 0) is 0 Å². The molecule has 1 atom stereocenters. The Balaban J connectivity index is 1.70. The molecule has 0 aliphatic carbocycles. The molecule has 0 aliphatic rings. The number of rotatable bonds is 6. The molecule has 0 spiro atoms. The lowest BCUT2D eigenvalue weighted by atomic mass is 10.1. The molecule has 6 heteroatoms. The monoisotopic (exact) mass is 343 g/mol. The summed E-state index contributed by atoms with van der Waals surface area (Å²) in [7, 11) is 0. The van der Waals surface area contributed by atoms with Crippen LogP contribution in [0, 0.1) is 12.7 Å². The minimum Gasteiger partial charge on any atom is -0.350 e. The van der Waals surface area contributed by atoms with Crippen molar-refractivity contribution in [1.82, 2.24) is 16.0 Å². The lowest BCUT2D eigenvalue weighted by molar-refractivity contribution is 0.0953. The number of amides is 3. The van der Waals surface area contributed by atoms with E-state index in [0.29, 0.717) is 5.56 Å². The fourth-order valence-corrected chi connectivity index (χ4v) is 2.26. The molecule has 0 saturated heterocycles. The normalized spacial score (nSPS) is 11.5. The van der Waals surface area contributed by atoms with E-state index in [4.69, 9.17) is 0 Å². The summed E-state index contributed by atoms with van der Waals surface area (Å²) in [4.78, 5) is 23.7. The highest BCUT2D eigenvalue weighted by Gasteiger charge is 2.10. The van der Waals surface area contributed by atoms with Crippen LogP contribution in [0.2, 0.25) is 0 Å². The first kappa shape index (κ1) is 18.4. The molecule has 2 rings (SSSR count). The van der Waals surface area contributed by atoms with Crippen LogP contribution >= 0.6 is 0 Å². The molecule has 0 aliphatic heterocycles. The third kappa shape index (κ3) is 5.60. The number of nitrogens with one attached hydrogen (secondary N) is 3. The van der Waals surface area contributed by atoms with E-state index in [0.717, 1.165) is 5.56 Å². The van der Waals surface area contributed by atoms with Gasteiger partial charge in [0.1, 0.15) is 5.82 Å². The average molecular weight is 343 g/mol. The first-order chi connectivity index (χ1) is 12.0. The summed E-state index contributed by atoms with van der Waals surface area (Å²) in [6.07, 6.45) is 0. The third-order valence-electron chi connectivity index (χ3n) is 3.78. The van der Waals surface area contributed by atoms with Gasteiger partial charge in [-0.15, -0.1) is 0 Å². The van der Waals surface area contributed by atoms with Crippen LogP contribution in [0.25, 0.3) is 0 Å². The van der Waals surface area contributed by atoms with E-state index in [1.54, 1.807) is 19.1 Å². The van der Waals surface area contributed by atoms with Gasteiger partial charge in [-0.1, -0.05) is 36.4 Å². The van der Waals surface area contributed by atoms with Crippen LogP contribution in [-0.4, -0.2) is 25.0 Å². The smallest absolute Gasteiger partial charge is 0.315 e. The molecule has 0 saturated carbocycles. The maximum absolute atomic E-state index is 13.4. The Bertz CT molecular complexity index is 735. The number of aryl methyl sites for hydroxylation is 1. The van der Waals surface area contributed by atoms with Crippen molar-refractivity contribution in [2.75, 3.05) is 13.1 Å². The number of benzene rings is 2. The SMILES string of the molecule is Cc1ccc(C(=O)NCCNC(=O)NC(C)c2ccccc2)cc1F. The molecule has 0 heterocycles. The summed E-state index contributed by atoms with van der Waals surface area (Å²) in [6.45, 7) is 4.05. The Morgan fingerprint density at radius 2 is 1.72 bits per heavy atom. The number of carbonyl (C=O) groups is 2. The van der Waals surface area contributed by atoms with Crippen molar-refractivity contribution in [2.24, 2.45) is 0 Å². The first-order valence-electron chi connectivity index (χ1n) is 8.11. The second-order valence-electron chi connectivity index (χ2n) is 5.75. The van der Waals surface area contributed by atoms with E-state index in [2.05, 4.69) is 16.0 Å². The van der Waals surface area contributed by atoms with Crippen molar-refractivity contribution in [1.29, 1.82) is 0 Å². The van der Waals surface area contributed by atoms with Crippen LogP contribution in [0.3, 0.4) is 0 Å². The van der Waals surface area contributed by atoms with E-state index in [1.807, 2.05) is 37.3 Å². The summed E-state index contributed by atoms with van der Waals surface area (Å²) in [6, 6.07) is 13.5. The topological polar surface area (TPSA) is 70.2 Å². The fourth-order valence-electron chi connectivity index (χ4n) is 2.26. The number of halogens is 1. The van der Waals surface area contributed by atoms with Crippen molar-refractivity contribution in [3.63, 3.8) is 0 Å². The van der Waals surface area contributed by atoms with Gasteiger partial charge in [0.15, 0.2) is 0 Å². The number of urea groups is 1. The van der Waals surface area contributed by atoms with E-state index in [1.165, 1.54) is 6.07 Å². The lowest BCUT2D eigenvalue weighted by Crippen LogP contribution is -2.41. The Labute approximate surface area is 146 Å². The fraction of sp³-hybridized carbons (Fsp3) is 0.263. The van der Waals surface area contributed by atoms with Crippen LogP contribution in [0.4, 0.5) is 9.18 Å². The van der Waals surface area contributed by atoms with Crippen molar-refractivity contribution < 1.29 is 14.0 Å². The van der Waals surface area contributed by atoms with Crippen molar-refractivity contribution in [3.05, 3.63) is 71.0 Å². The maximum atomic E-state index is 13.4. The molecule has 0 bridgehead atoms. The molecule has 0 aromatic heterocycles. The maximum Gasteiger partial charge on any atom is 0.315 e. The molecule has 3 amide bonds. The van der Waals surface area contributed by atoms with Gasteiger partial charge in [-0.05, 0) is 37.1 Å². The number of hydrogen-bond acceptors (Lipinski definition) is 2. The molecule has 0 radical (unpaired) electrons. The van der Waals surface area contributed by atoms with E-state index < -0.39 is 5.82 Å². The predicted molar refractivity (Wildman–Crippen MR) is 94.9 cm³/mol. The van der Waals surface area contributed by atoms with E-state index in [9.17, 15) is 14.0 Å². The Hall–Kier alpha value is -2.89. The van der Waals surface area contributed by atoms with Gasteiger partial charge in [0.05, 0.1) is 6.04 Å². The molecule has 5 nitrogen and oxygen atoms in total. The van der Waals surface area contributed by atoms with Crippen molar-refractivity contribution in [3.8, 4) is 0 Å². The van der Waals surface area contributed by atoms with Gasteiger partial charge in [-0.2, -0.15) is 0 Å². The quantitative estimate of drug-likeness (QED) is 0.706. The largest absolute Gasteiger partial charge is 0.350 e. The molecular formula is C19H22FN3O2. The molecule has 3 N–H and O–H groups in total. The van der Waals surface area contributed by atoms with Crippen LogP contribution in [0.5, 0.6) is 0 Å². The molecule has 132 valence electrons. The summed E-state index contributed by atoms with van der Waals surface area (Å²) in [5.41, 5.74) is 1.75. The minimum atomic E-state index is -0.417. The summed E-state index contributed by atoms with van der Waals surface area (Å²) in [5, 5.41) is 8.13. The summed E-state index contributed by atoms with van der Waals surface area (Å²) < 4.78 is 13.4. The summed E-state index contributed by atoms with van der Waals surface area (Å²) in [5.74, 6) is -0.793. The van der Waals surface area contributed by atoms with Crippen molar-refractivity contribution >= 4 is 11.9 Å². The van der Waals surface area contributed by atoms with Gasteiger partial charge in [-0.25, -0.2) is 9.18 Å². The standard InChI is InChI=1S/C19H22FN3O2/c1-13-8-9-16(12-17(13)20)18(24)21-10-11-22-19(25)23-14(2)15-6-4-3-5-7-15/h3-9,12,14H,10-11H2,1-2H3,(H,21,24)(H2,22,23,25). The van der Waals surface area contributed by atoms with Crippen LogP contribution < -0.4 is 16.0 Å². The first-order valence-corrected chi connectivity index (χ1v) is 8.11. The molecular weight excluding hydrogens is 321 g/mol. The zero-order chi connectivity index (χ0) is 18.2. The lowest BCUT2D eigenvalue weighted by Gasteiger charge is -2.15. The predicted octanol–water partition coefficient (Wildman–Crippen LogP) is 2.92.